The van der Waals surface area contributed by atoms with Crippen molar-refractivity contribution < 1.29 is 8.78 Å². The molecule has 1 fully saturated rings. The summed E-state index contributed by atoms with van der Waals surface area (Å²) in [5.74, 6) is -2.86. The molecular weight excluding hydrogens is 172 g/mol. The maximum atomic E-state index is 12.8. The van der Waals surface area contributed by atoms with E-state index in [-0.39, 0.29) is 19.0 Å². The molecule has 0 aromatic heterocycles. The summed E-state index contributed by atoms with van der Waals surface area (Å²) in [4.78, 5) is 0. The predicted molar refractivity (Wildman–Crippen MR) is 43.5 cm³/mol. The van der Waals surface area contributed by atoms with Gasteiger partial charge in [-0.25, -0.2) is 8.78 Å². The summed E-state index contributed by atoms with van der Waals surface area (Å²) in [6.45, 7) is 2.43. The Balaban J connectivity index is 0.000001000. The fourth-order valence-corrected chi connectivity index (χ4v) is 1.39. The number of rotatable bonds is 1. The third kappa shape index (κ3) is 2.56. The van der Waals surface area contributed by atoms with Crippen LogP contribution >= 0.6 is 12.4 Å². The lowest BCUT2D eigenvalue weighted by molar-refractivity contribution is -0.0741. The van der Waals surface area contributed by atoms with E-state index in [9.17, 15) is 8.78 Å². The lowest BCUT2D eigenvalue weighted by Crippen LogP contribution is -2.45. The van der Waals surface area contributed by atoms with Gasteiger partial charge in [-0.1, -0.05) is 6.92 Å². The van der Waals surface area contributed by atoms with Crippen LogP contribution in [0, 0.1) is 5.92 Å². The van der Waals surface area contributed by atoms with Crippen LogP contribution in [0.2, 0.25) is 0 Å². The largest absolute Gasteiger partial charge is 0.311 e. The summed E-state index contributed by atoms with van der Waals surface area (Å²) in [7, 11) is 0. The molecule has 0 radical (unpaired) electrons. The Morgan fingerprint density at radius 3 is 2.55 bits per heavy atom. The molecule has 1 unspecified atom stereocenters. The molecule has 1 saturated heterocycles. The fourth-order valence-electron chi connectivity index (χ4n) is 1.39. The highest BCUT2D eigenvalue weighted by Crippen LogP contribution is 2.31. The monoisotopic (exact) mass is 185 g/mol. The highest BCUT2D eigenvalue weighted by atomic mass is 35.5. The minimum atomic E-state index is -2.47. The SMILES string of the molecule is CCC1CCNCC1(F)F.Cl. The summed E-state index contributed by atoms with van der Waals surface area (Å²) in [6.07, 6.45) is 1.21. The minimum absolute atomic E-state index is 0. The van der Waals surface area contributed by atoms with Gasteiger partial charge in [-0.05, 0) is 19.4 Å². The average Bonchev–Trinajstić information content (AvgIpc) is 1.87. The maximum Gasteiger partial charge on any atom is 0.263 e. The zero-order chi connectivity index (χ0) is 7.61. The van der Waals surface area contributed by atoms with Gasteiger partial charge in [-0.15, -0.1) is 12.4 Å². The van der Waals surface area contributed by atoms with Gasteiger partial charge in [0.1, 0.15) is 0 Å². The summed E-state index contributed by atoms with van der Waals surface area (Å²) in [5.41, 5.74) is 0. The minimum Gasteiger partial charge on any atom is -0.311 e. The number of piperidine rings is 1. The van der Waals surface area contributed by atoms with Crippen molar-refractivity contribution in [3.63, 3.8) is 0 Å². The number of halogens is 3. The van der Waals surface area contributed by atoms with Crippen LogP contribution < -0.4 is 5.32 Å². The highest BCUT2D eigenvalue weighted by molar-refractivity contribution is 5.85. The van der Waals surface area contributed by atoms with Gasteiger partial charge < -0.3 is 5.32 Å². The first kappa shape index (κ1) is 11.1. The molecule has 68 valence electrons. The van der Waals surface area contributed by atoms with Crippen LogP contribution in [0.3, 0.4) is 0 Å². The van der Waals surface area contributed by atoms with Crippen molar-refractivity contribution in [3.05, 3.63) is 0 Å². The molecule has 0 aromatic carbocycles. The van der Waals surface area contributed by atoms with Gasteiger partial charge in [0, 0.05) is 5.92 Å². The molecule has 0 aliphatic carbocycles. The quantitative estimate of drug-likeness (QED) is 0.660. The Morgan fingerprint density at radius 1 is 1.55 bits per heavy atom. The van der Waals surface area contributed by atoms with E-state index >= 15 is 0 Å². The van der Waals surface area contributed by atoms with Crippen molar-refractivity contribution >= 4 is 12.4 Å². The molecule has 1 nitrogen and oxygen atoms in total. The lowest BCUT2D eigenvalue weighted by Gasteiger charge is -2.30. The summed E-state index contributed by atoms with van der Waals surface area (Å²) < 4.78 is 25.6. The molecular formula is C7H14ClF2N. The van der Waals surface area contributed by atoms with Crippen molar-refractivity contribution in [2.75, 3.05) is 13.1 Å². The maximum absolute atomic E-state index is 12.8. The van der Waals surface area contributed by atoms with E-state index in [2.05, 4.69) is 5.32 Å². The molecule has 0 amide bonds. The summed E-state index contributed by atoms with van der Waals surface area (Å²) in [6, 6.07) is 0. The van der Waals surface area contributed by atoms with Crippen LogP contribution in [0.15, 0.2) is 0 Å². The molecule has 1 aliphatic rings. The Hall–Kier alpha value is 0.110. The van der Waals surface area contributed by atoms with Crippen LogP contribution in [0.1, 0.15) is 19.8 Å². The van der Waals surface area contributed by atoms with Gasteiger partial charge in [0.2, 0.25) is 0 Å². The predicted octanol–water partition coefficient (Wildman–Crippen LogP) is 2.06. The van der Waals surface area contributed by atoms with Crippen LogP contribution in [0.5, 0.6) is 0 Å². The molecule has 11 heavy (non-hydrogen) atoms. The molecule has 0 aromatic rings. The van der Waals surface area contributed by atoms with Crippen LogP contribution in [0.4, 0.5) is 8.78 Å². The van der Waals surface area contributed by atoms with E-state index in [0.717, 1.165) is 6.54 Å². The van der Waals surface area contributed by atoms with Gasteiger partial charge in [0.15, 0.2) is 0 Å². The van der Waals surface area contributed by atoms with Crippen LogP contribution in [0.25, 0.3) is 0 Å². The normalized spacial score (nSPS) is 29.2. The molecule has 1 atom stereocenters. The Bertz CT molecular complexity index is 119. The zero-order valence-corrected chi connectivity index (χ0v) is 7.39. The van der Waals surface area contributed by atoms with Crippen molar-refractivity contribution in [2.24, 2.45) is 5.92 Å². The Morgan fingerprint density at radius 2 is 2.18 bits per heavy atom. The van der Waals surface area contributed by atoms with Gasteiger partial charge >= 0.3 is 0 Å². The second-order valence-electron chi connectivity index (χ2n) is 2.83. The third-order valence-corrected chi connectivity index (χ3v) is 2.12. The summed E-state index contributed by atoms with van der Waals surface area (Å²) in [5, 5.41) is 2.69. The molecule has 1 N–H and O–H groups in total. The Kier molecular flexibility index (Phi) is 4.26. The first-order chi connectivity index (χ1) is 4.67. The van der Waals surface area contributed by atoms with Crippen LogP contribution in [-0.4, -0.2) is 19.0 Å². The van der Waals surface area contributed by atoms with Crippen molar-refractivity contribution in [2.45, 2.75) is 25.7 Å². The van der Waals surface area contributed by atoms with Crippen molar-refractivity contribution in [3.8, 4) is 0 Å². The van der Waals surface area contributed by atoms with Gasteiger partial charge in [0.05, 0.1) is 6.54 Å². The number of hydrogen-bond acceptors (Lipinski definition) is 1. The molecule has 1 aliphatic heterocycles. The zero-order valence-electron chi connectivity index (χ0n) is 6.57. The van der Waals surface area contributed by atoms with Crippen molar-refractivity contribution in [1.82, 2.24) is 5.32 Å². The Labute approximate surface area is 72.0 Å². The van der Waals surface area contributed by atoms with E-state index in [0.29, 0.717) is 12.8 Å². The number of nitrogens with one attached hydrogen (secondary N) is 1. The average molecular weight is 186 g/mol. The first-order valence-corrected chi connectivity index (χ1v) is 3.75. The smallest absolute Gasteiger partial charge is 0.263 e. The topological polar surface area (TPSA) is 12.0 Å². The van der Waals surface area contributed by atoms with Gasteiger partial charge in [-0.2, -0.15) is 0 Å². The van der Waals surface area contributed by atoms with Crippen LogP contribution in [-0.2, 0) is 0 Å². The lowest BCUT2D eigenvalue weighted by atomic mass is 9.92. The number of hydrogen-bond donors (Lipinski definition) is 1. The standard InChI is InChI=1S/C7H13F2N.ClH/c1-2-6-3-4-10-5-7(6,8)9;/h6,10H,2-5H2,1H3;1H. The number of alkyl halides is 2. The highest BCUT2D eigenvalue weighted by Gasteiger charge is 2.39. The molecule has 0 bridgehead atoms. The second kappa shape index (κ2) is 4.21. The van der Waals surface area contributed by atoms with E-state index in [4.69, 9.17) is 0 Å². The molecule has 1 heterocycles. The fraction of sp³-hybridized carbons (Fsp3) is 1.00. The van der Waals surface area contributed by atoms with Crippen molar-refractivity contribution in [1.29, 1.82) is 0 Å². The van der Waals surface area contributed by atoms with E-state index in [1.165, 1.54) is 0 Å². The molecule has 0 saturated carbocycles. The van der Waals surface area contributed by atoms with E-state index in [1.807, 2.05) is 6.92 Å². The van der Waals surface area contributed by atoms with E-state index in [1.54, 1.807) is 0 Å². The molecule has 4 heteroatoms. The van der Waals surface area contributed by atoms with Gasteiger partial charge in [0.25, 0.3) is 5.92 Å². The summed E-state index contributed by atoms with van der Waals surface area (Å²) >= 11 is 0. The van der Waals surface area contributed by atoms with E-state index < -0.39 is 11.8 Å². The molecule has 0 spiro atoms. The second-order valence-corrected chi connectivity index (χ2v) is 2.83. The molecule has 1 rings (SSSR count). The third-order valence-electron chi connectivity index (χ3n) is 2.12. The van der Waals surface area contributed by atoms with Gasteiger partial charge in [-0.3, -0.25) is 0 Å². The first-order valence-electron chi connectivity index (χ1n) is 3.75.